The van der Waals surface area contributed by atoms with Gasteiger partial charge in [0.25, 0.3) is 0 Å². The molecule has 1 aromatic rings. The van der Waals surface area contributed by atoms with Gasteiger partial charge in [-0.1, -0.05) is 35.9 Å². The van der Waals surface area contributed by atoms with E-state index in [2.05, 4.69) is 0 Å². The maximum absolute atomic E-state index is 11.9. The first-order chi connectivity index (χ1) is 9.44. The van der Waals surface area contributed by atoms with Crippen LogP contribution < -0.4 is 0 Å². The zero-order valence-electron chi connectivity index (χ0n) is 11.4. The molecule has 0 saturated carbocycles. The molecule has 0 unspecified atom stereocenters. The number of allylic oxidation sites excluding steroid dienone is 1. The van der Waals surface area contributed by atoms with Gasteiger partial charge in [-0.25, -0.2) is 0 Å². The number of carbonyl (C=O) groups is 2. The molecule has 0 aromatic heterocycles. The first kappa shape index (κ1) is 12.9. The zero-order chi connectivity index (χ0) is 14.5. The third kappa shape index (κ3) is 1.68. The minimum atomic E-state index is -1.10. The second-order valence-electron chi connectivity index (χ2n) is 5.72. The summed E-state index contributed by atoms with van der Waals surface area (Å²) in [4.78, 5) is 23.3. The summed E-state index contributed by atoms with van der Waals surface area (Å²) in [5.74, 6) is -3.30. The molecule has 20 heavy (non-hydrogen) atoms. The summed E-state index contributed by atoms with van der Waals surface area (Å²) in [5.41, 5.74) is 1.27. The molecule has 1 aromatic carbocycles. The van der Waals surface area contributed by atoms with Crippen LogP contribution in [0.5, 0.6) is 0 Å². The molecule has 4 atom stereocenters. The lowest BCUT2D eigenvalue weighted by molar-refractivity contribution is -0.154. The van der Waals surface area contributed by atoms with E-state index in [0.717, 1.165) is 11.1 Å². The first-order valence-electron chi connectivity index (χ1n) is 6.64. The fourth-order valence-corrected chi connectivity index (χ4v) is 3.68. The number of hydrogen-bond acceptors (Lipinski definition) is 3. The molecule has 2 aliphatic rings. The minimum Gasteiger partial charge on any atom is -0.481 e. The molecule has 1 aliphatic carbocycles. The summed E-state index contributed by atoms with van der Waals surface area (Å²) >= 11 is 0. The van der Waals surface area contributed by atoms with Gasteiger partial charge in [0.1, 0.15) is 5.60 Å². The van der Waals surface area contributed by atoms with E-state index in [1.54, 1.807) is 6.92 Å². The van der Waals surface area contributed by atoms with Crippen molar-refractivity contribution in [3.8, 4) is 0 Å². The topological polar surface area (TPSA) is 63.6 Å². The third-order valence-corrected chi connectivity index (χ3v) is 4.38. The van der Waals surface area contributed by atoms with Crippen LogP contribution in [0, 0.1) is 11.8 Å². The monoisotopic (exact) mass is 272 g/mol. The molecule has 1 N–H and O–H groups in total. The summed E-state index contributed by atoms with van der Waals surface area (Å²) < 4.78 is 5.37. The van der Waals surface area contributed by atoms with Crippen molar-refractivity contribution in [2.45, 2.75) is 25.4 Å². The molecule has 3 rings (SSSR count). The van der Waals surface area contributed by atoms with Crippen molar-refractivity contribution in [1.29, 1.82) is 0 Å². The molecule has 1 aliphatic heterocycles. The van der Waals surface area contributed by atoms with Gasteiger partial charge < -0.3 is 9.84 Å². The number of ether oxygens (including phenoxy) is 1. The van der Waals surface area contributed by atoms with Crippen molar-refractivity contribution in [2.24, 2.45) is 11.8 Å². The molecular formula is C16H16O4. The number of fused-ring (bicyclic) bond motifs is 1. The van der Waals surface area contributed by atoms with Gasteiger partial charge in [-0.3, -0.25) is 9.59 Å². The molecule has 4 nitrogen and oxygen atoms in total. The SMILES string of the molecule is CC1=C[C@]2(C)OC(=O)[C@@H](C(=O)O)[C@@H]2[C@H]1c1ccccc1. The van der Waals surface area contributed by atoms with Crippen molar-refractivity contribution < 1.29 is 19.4 Å². The number of carbonyl (C=O) groups excluding carboxylic acids is 1. The van der Waals surface area contributed by atoms with Crippen molar-refractivity contribution in [2.75, 3.05) is 0 Å². The Morgan fingerprint density at radius 2 is 1.95 bits per heavy atom. The Balaban J connectivity index is 2.10. The Hall–Kier alpha value is -2.10. The highest BCUT2D eigenvalue weighted by molar-refractivity contribution is 5.97. The number of esters is 1. The van der Waals surface area contributed by atoms with Crippen molar-refractivity contribution >= 4 is 11.9 Å². The van der Waals surface area contributed by atoms with E-state index < -0.39 is 23.5 Å². The van der Waals surface area contributed by atoms with Crippen LogP contribution in [0.2, 0.25) is 0 Å². The van der Waals surface area contributed by atoms with Gasteiger partial charge >= 0.3 is 11.9 Å². The zero-order valence-corrected chi connectivity index (χ0v) is 11.4. The van der Waals surface area contributed by atoms with Gasteiger partial charge in [0, 0.05) is 11.8 Å². The largest absolute Gasteiger partial charge is 0.481 e. The molecule has 0 bridgehead atoms. The van der Waals surface area contributed by atoms with Crippen LogP contribution in [0.1, 0.15) is 25.3 Å². The maximum atomic E-state index is 11.9. The van der Waals surface area contributed by atoms with Crippen LogP contribution >= 0.6 is 0 Å². The van der Waals surface area contributed by atoms with Crippen LogP contribution in [0.25, 0.3) is 0 Å². The highest BCUT2D eigenvalue weighted by Crippen LogP contribution is 2.54. The predicted octanol–water partition coefficient (Wildman–Crippen LogP) is 2.36. The Bertz CT molecular complexity index is 604. The highest BCUT2D eigenvalue weighted by Gasteiger charge is 2.61. The van der Waals surface area contributed by atoms with Crippen molar-refractivity contribution in [3.63, 3.8) is 0 Å². The van der Waals surface area contributed by atoms with Crippen molar-refractivity contribution in [1.82, 2.24) is 0 Å². The third-order valence-electron chi connectivity index (χ3n) is 4.38. The van der Waals surface area contributed by atoms with Gasteiger partial charge in [-0.15, -0.1) is 0 Å². The summed E-state index contributed by atoms with van der Waals surface area (Å²) in [5, 5.41) is 9.37. The molecule has 0 amide bonds. The average molecular weight is 272 g/mol. The fraction of sp³-hybridized carbons (Fsp3) is 0.375. The summed E-state index contributed by atoms with van der Waals surface area (Å²) in [6.07, 6.45) is 1.90. The summed E-state index contributed by atoms with van der Waals surface area (Å²) in [7, 11) is 0. The Morgan fingerprint density at radius 3 is 2.55 bits per heavy atom. The number of rotatable bonds is 2. The molecule has 1 fully saturated rings. The van der Waals surface area contributed by atoms with E-state index in [0.29, 0.717) is 0 Å². The van der Waals surface area contributed by atoms with E-state index in [9.17, 15) is 14.7 Å². The fourth-order valence-electron chi connectivity index (χ4n) is 3.68. The quantitative estimate of drug-likeness (QED) is 0.510. The Kier molecular flexibility index (Phi) is 2.71. The maximum Gasteiger partial charge on any atom is 0.321 e. The van der Waals surface area contributed by atoms with Crippen LogP contribution in [0.3, 0.4) is 0 Å². The molecule has 4 heteroatoms. The molecule has 0 spiro atoms. The van der Waals surface area contributed by atoms with Gasteiger partial charge in [-0.05, 0) is 25.5 Å². The van der Waals surface area contributed by atoms with Gasteiger partial charge in [0.05, 0.1) is 0 Å². The van der Waals surface area contributed by atoms with Crippen LogP contribution in [-0.2, 0) is 14.3 Å². The van der Waals surface area contributed by atoms with Gasteiger partial charge in [0.2, 0.25) is 0 Å². The van der Waals surface area contributed by atoms with E-state index in [-0.39, 0.29) is 11.8 Å². The lowest BCUT2D eigenvalue weighted by Crippen LogP contribution is -2.34. The summed E-state index contributed by atoms with van der Waals surface area (Å²) in [6.45, 7) is 3.76. The molecule has 104 valence electrons. The average Bonchev–Trinajstić information content (AvgIpc) is 2.75. The number of aliphatic carboxylic acids is 1. The number of hydrogen-bond donors (Lipinski definition) is 1. The normalized spacial score (nSPS) is 35.4. The highest BCUT2D eigenvalue weighted by atomic mass is 16.6. The number of carboxylic acids is 1. The lowest BCUT2D eigenvalue weighted by atomic mass is 9.74. The van der Waals surface area contributed by atoms with Gasteiger partial charge in [-0.2, -0.15) is 0 Å². The molecule has 1 heterocycles. The molecule has 1 saturated heterocycles. The Morgan fingerprint density at radius 1 is 1.30 bits per heavy atom. The molecular weight excluding hydrogens is 256 g/mol. The Labute approximate surface area is 117 Å². The lowest BCUT2D eigenvalue weighted by Gasteiger charge is -2.27. The standard InChI is InChI=1S/C16H16O4/c1-9-8-16(2)13(12(14(17)18)15(19)20-16)11(9)10-6-4-3-5-7-10/h3-8,11-13H,1-2H3,(H,17,18)/t11-,12-,13+,16+/m1/s1. The number of carboxylic acid groups (broad SMARTS) is 1. The van der Waals surface area contributed by atoms with E-state index in [1.165, 1.54) is 0 Å². The van der Waals surface area contributed by atoms with Crippen LogP contribution in [-0.4, -0.2) is 22.6 Å². The minimum absolute atomic E-state index is 0.0891. The van der Waals surface area contributed by atoms with Crippen molar-refractivity contribution in [3.05, 3.63) is 47.5 Å². The van der Waals surface area contributed by atoms with E-state index in [4.69, 9.17) is 4.74 Å². The van der Waals surface area contributed by atoms with E-state index >= 15 is 0 Å². The van der Waals surface area contributed by atoms with Crippen LogP contribution in [0.4, 0.5) is 0 Å². The first-order valence-corrected chi connectivity index (χ1v) is 6.64. The summed E-state index contributed by atoms with van der Waals surface area (Å²) in [6, 6.07) is 9.70. The second kappa shape index (κ2) is 4.20. The van der Waals surface area contributed by atoms with Gasteiger partial charge in [0.15, 0.2) is 5.92 Å². The van der Waals surface area contributed by atoms with Crippen LogP contribution in [0.15, 0.2) is 42.0 Å². The molecule has 0 radical (unpaired) electrons. The predicted molar refractivity (Wildman–Crippen MR) is 72.1 cm³/mol. The second-order valence-corrected chi connectivity index (χ2v) is 5.72. The number of benzene rings is 1. The smallest absolute Gasteiger partial charge is 0.321 e. The van der Waals surface area contributed by atoms with E-state index in [1.807, 2.05) is 43.3 Å².